The number of ether oxygens (including phenoxy) is 1. The number of fused-ring (bicyclic) bond motifs is 1. The normalized spacial score (nSPS) is 11.1. The van der Waals surface area contributed by atoms with E-state index in [0.29, 0.717) is 27.5 Å². The highest BCUT2D eigenvalue weighted by atomic mass is 35.5. The average Bonchev–Trinajstić information content (AvgIpc) is 2.85. The Kier molecular flexibility index (Phi) is 7.24. The van der Waals surface area contributed by atoms with E-state index in [1.165, 1.54) is 22.8 Å². The zero-order valence-electron chi connectivity index (χ0n) is 17.9. The van der Waals surface area contributed by atoms with Gasteiger partial charge in [-0.25, -0.2) is 14.8 Å². The number of hydrazone groups is 1. The molecule has 4 rings (SSSR count). The largest absolute Gasteiger partial charge is 0.497 e. The lowest BCUT2D eigenvalue weighted by molar-refractivity contribution is -0.118. The van der Waals surface area contributed by atoms with Crippen LogP contribution in [-0.4, -0.2) is 34.5 Å². The zero-order valence-corrected chi connectivity index (χ0v) is 19.4. The lowest BCUT2D eigenvalue weighted by atomic mass is 10.2. The molecule has 7 nitrogen and oxygen atoms in total. The molecule has 1 N–H and O–H groups in total. The van der Waals surface area contributed by atoms with Gasteiger partial charge in [0.2, 0.25) is 0 Å². The summed E-state index contributed by atoms with van der Waals surface area (Å²) in [5.74, 6) is -0.448. The Morgan fingerprint density at radius 3 is 2.68 bits per heavy atom. The van der Waals surface area contributed by atoms with E-state index in [1.54, 1.807) is 55.6 Å². The van der Waals surface area contributed by atoms with Crippen LogP contribution in [0.5, 0.6) is 5.75 Å². The quantitative estimate of drug-likeness (QED) is 0.177. The standard InChI is InChI=1S/C24H18ClFN4O3S/c1-33-16-11-9-15(10-12-16)30-23(32)17-5-2-3-8-21(17)28-24(30)34-14-22(31)29-27-13-18-19(25)6-4-7-20(18)26/h2-13H,14H2,1H3,(H,29,31)/b27-13+. The van der Waals surface area contributed by atoms with Crippen LogP contribution >= 0.6 is 23.4 Å². The molecule has 1 heterocycles. The van der Waals surface area contributed by atoms with Gasteiger partial charge in [-0.1, -0.05) is 41.6 Å². The maximum Gasteiger partial charge on any atom is 0.266 e. The second-order valence-corrected chi connectivity index (χ2v) is 8.32. The number of rotatable bonds is 7. The molecule has 0 aliphatic heterocycles. The molecule has 172 valence electrons. The van der Waals surface area contributed by atoms with Crippen molar-refractivity contribution in [1.29, 1.82) is 0 Å². The molecule has 0 aliphatic carbocycles. The Labute approximate surface area is 203 Å². The van der Waals surface area contributed by atoms with Crippen molar-refractivity contribution in [1.82, 2.24) is 15.0 Å². The van der Waals surface area contributed by atoms with Crippen LogP contribution in [0.25, 0.3) is 16.6 Å². The van der Waals surface area contributed by atoms with E-state index in [1.807, 2.05) is 0 Å². The second-order valence-electron chi connectivity index (χ2n) is 6.97. The minimum absolute atomic E-state index is 0.0710. The highest BCUT2D eigenvalue weighted by molar-refractivity contribution is 7.99. The van der Waals surface area contributed by atoms with Gasteiger partial charge in [0.1, 0.15) is 11.6 Å². The lowest BCUT2D eigenvalue weighted by Crippen LogP contribution is -2.24. The fourth-order valence-corrected chi connectivity index (χ4v) is 4.15. The number of halogens is 2. The first kappa shape index (κ1) is 23.5. The number of nitrogens with zero attached hydrogens (tertiary/aromatic N) is 3. The highest BCUT2D eigenvalue weighted by Crippen LogP contribution is 2.23. The Balaban J connectivity index is 1.57. The van der Waals surface area contributed by atoms with Crippen molar-refractivity contribution in [3.63, 3.8) is 0 Å². The molecule has 4 aromatic rings. The molecular formula is C24H18ClFN4O3S. The Bertz CT molecular complexity index is 1420. The molecule has 10 heteroatoms. The van der Waals surface area contributed by atoms with Gasteiger partial charge in [-0.15, -0.1) is 0 Å². The Morgan fingerprint density at radius 1 is 1.18 bits per heavy atom. The Morgan fingerprint density at radius 2 is 1.94 bits per heavy atom. The molecule has 0 unspecified atom stereocenters. The average molecular weight is 497 g/mol. The van der Waals surface area contributed by atoms with Gasteiger partial charge in [0.25, 0.3) is 11.5 Å². The summed E-state index contributed by atoms with van der Waals surface area (Å²) in [7, 11) is 1.56. The molecule has 0 saturated heterocycles. The number of hydrogen-bond acceptors (Lipinski definition) is 6. The minimum Gasteiger partial charge on any atom is -0.497 e. The summed E-state index contributed by atoms with van der Waals surface area (Å²) in [6.45, 7) is 0. The van der Waals surface area contributed by atoms with Crippen LogP contribution in [0.3, 0.4) is 0 Å². The number of amides is 1. The third-order valence-electron chi connectivity index (χ3n) is 4.79. The van der Waals surface area contributed by atoms with E-state index in [-0.39, 0.29) is 21.9 Å². The number of methoxy groups -OCH3 is 1. The van der Waals surface area contributed by atoms with Crippen LogP contribution in [0.4, 0.5) is 4.39 Å². The summed E-state index contributed by atoms with van der Waals surface area (Å²) in [5, 5.41) is 4.75. The van der Waals surface area contributed by atoms with E-state index < -0.39 is 11.7 Å². The number of nitrogens with one attached hydrogen (secondary N) is 1. The summed E-state index contributed by atoms with van der Waals surface area (Å²) < 4.78 is 20.5. The van der Waals surface area contributed by atoms with E-state index >= 15 is 0 Å². The van der Waals surface area contributed by atoms with Crippen molar-refractivity contribution in [2.75, 3.05) is 12.9 Å². The molecule has 1 amide bonds. The summed E-state index contributed by atoms with van der Waals surface area (Å²) in [6.07, 6.45) is 1.14. The van der Waals surface area contributed by atoms with Gasteiger partial charge < -0.3 is 4.74 Å². The van der Waals surface area contributed by atoms with Gasteiger partial charge in [-0.05, 0) is 48.5 Å². The zero-order chi connectivity index (χ0) is 24.1. The number of thioether (sulfide) groups is 1. The van der Waals surface area contributed by atoms with Crippen molar-refractivity contribution in [3.8, 4) is 11.4 Å². The van der Waals surface area contributed by atoms with Crippen LogP contribution in [0, 0.1) is 5.82 Å². The predicted molar refractivity (Wildman–Crippen MR) is 132 cm³/mol. The van der Waals surface area contributed by atoms with Gasteiger partial charge in [-0.3, -0.25) is 14.2 Å². The van der Waals surface area contributed by atoms with Gasteiger partial charge >= 0.3 is 0 Å². The van der Waals surface area contributed by atoms with Gasteiger partial charge in [0.15, 0.2) is 5.16 Å². The van der Waals surface area contributed by atoms with E-state index in [0.717, 1.165) is 18.0 Å². The van der Waals surface area contributed by atoms with Crippen molar-refractivity contribution in [2.24, 2.45) is 5.10 Å². The van der Waals surface area contributed by atoms with Crippen LogP contribution in [0.2, 0.25) is 5.02 Å². The molecule has 0 bridgehead atoms. The van der Waals surface area contributed by atoms with Crippen molar-refractivity contribution in [2.45, 2.75) is 5.16 Å². The number of carbonyl (C=O) groups is 1. The first-order valence-corrected chi connectivity index (χ1v) is 11.4. The van der Waals surface area contributed by atoms with Crippen LogP contribution in [-0.2, 0) is 4.79 Å². The number of para-hydroxylation sites is 1. The lowest BCUT2D eigenvalue weighted by Gasteiger charge is -2.13. The first-order valence-electron chi connectivity index (χ1n) is 10.0. The SMILES string of the molecule is COc1ccc(-n2c(SCC(=O)N/N=C/c3c(F)cccc3Cl)nc3ccccc3c2=O)cc1. The van der Waals surface area contributed by atoms with E-state index in [9.17, 15) is 14.0 Å². The van der Waals surface area contributed by atoms with Crippen molar-refractivity contribution < 1.29 is 13.9 Å². The number of aromatic nitrogens is 2. The molecule has 0 spiro atoms. The maximum atomic E-state index is 13.8. The van der Waals surface area contributed by atoms with E-state index in [4.69, 9.17) is 16.3 Å². The third-order valence-corrected chi connectivity index (χ3v) is 6.06. The topological polar surface area (TPSA) is 85.6 Å². The third kappa shape index (κ3) is 5.11. The number of carbonyl (C=O) groups excluding carboxylic acids is 1. The molecule has 34 heavy (non-hydrogen) atoms. The summed E-state index contributed by atoms with van der Waals surface area (Å²) in [6, 6.07) is 18.2. The van der Waals surface area contributed by atoms with Crippen molar-refractivity contribution in [3.05, 3.63) is 93.5 Å². The molecule has 3 aromatic carbocycles. The fourth-order valence-electron chi connectivity index (χ4n) is 3.13. The maximum absolute atomic E-state index is 13.8. The summed E-state index contributed by atoms with van der Waals surface area (Å²) in [4.78, 5) is 30.2. The summed E-state index contributed by atoms with van der Waals surface area (Å²) in [5.41, 5.74) is 3.25. The molecular weight excluding hydrogens is 479 g/mol. The van der Waals surface area contributed by atoms with Crippen LogP contribution < -0.4 is 15.7 Å². The monoisotopic (exact) mass is 496 g/mol. The van der Waals surface area contributed by atoms with Gasteiger partial charge in [0, 0.05) is 5.56 Å². The molecule has 0 fully saturated rings. The molecule has 0 saturated carbocycles. The predicted octanol–water partition coefficient (Wildman–Crippen LogP) is 4.43. The highest BCUT2D eigenvalue weighted by Gasteiger charge is 2.15. The molecule has 0 atom stereocenters. The van der Waals surface area contributed by atoms with Gasteiger partial charge in [0.05, 0.1) is 40.7 Å². The van der Waals surface area contributed by atoms with Crippen LogP contribution in [0.1, 0.15) is 5.56 Å². The van der Waals surface area contributed by atoms with E-state index in [2.05, 4.69) is 15.5 Å². The smallest absolute Gasteiger partial charge is 0.266 e. The van der Waals surface area contributed by atoms with Gasteiger partial charge in [-0.2, -0.15) is 5.10 Å². The number of hydrogen-bond donors (Lipinski definition) is 1. The molecule has 0 radical (unpaired) electrons. The summed E-state index contributed by atoms with van der Waals surface area (Å²) >= 11 is 7.02. The van der Waals surface area contributed by atoms with Crippen LogP contribution in [0.15, 0.2) is 81.8 Å². The molecule has 1 aromatic heterocycles. The van der Waals surface area contributed by atoms with Crippen molar-refractivity contribution >= 4 is 46.4 Å². The number of benzene rings is 3. The fraction of sp³-hybridized carbons (Fsp3) is 0.0833. The Hall–Kier alpha value is -3.69. The minimum atomic E-state index is -0.552. The first-order chi connectivity index (χ1) is 16.5. The molecule has 0 aliphatic rings. The second kappa shape index (κ2) is 10.5.